The highest BCUT2D eigenvalue weighted by atomic mass is 19.1. The monoisotopic (exact) mass is 261 g/mol. The summed E-state index contributed by atoms with van der Waals surface area (Å²) in [7, 11) is 0. The molecule has 0 saturated heterocycles. The van der Waals surface area contributed by atoms with Crippen molar-refractivity contribution < 1.29 is 4.39 Å². The number of hydrogen-bond acceptors (Lipinski definition) is 5. The Hall–Kier alpha value is -2.24. The number of pyridine rings is 1. The largest absolute Gasteiger partial charge is 0.361 e. The summed E-state index contributed by atoms with van der Waals surface area (Å²) in [5.74, 6) is 0.131. The van der Waals surface area contributed by atoms with Crippen LogP contribution in [0.15, 0.2) is 30.7 Å². The minimum atomic E-state index is -0.470. The van der Waals surface area contributed by atoms with E-state index in [0.717, 1.165) is 11.8 Å². The molecule has 0 aliphatic heterocycles. The Morgan fingerprint density at radius 3 is 2.74 bits per heavy atom. The van der Waals surface area contributed by atoms with E-state index in [1.807, 2.05) is 26.0 Å². The Bertz CT molecular complexity index is 532. The fraction of sp³-hybridized carbons (Fsp3) is 0.308. The van der Waals surface area contributed by atoms with Gasteiger partial charge in [0, 0.05) is 18.9 Å². The Morgan fingerprint density at radius 1 is 1.32 bits per heavy atom. The van der Waals surface area contributed by atoms with Gasteiger partial charge < -0.3 is 10.6 Å². The van der Waals surface area contributed by atoms with Gasteiger partial charge in [-0.25, -0.2) is 9.37 Å². The molecule has 0 spiro atoms. The summed E-state index contributed by atoms with van der Waals surface area (Å²) in [4.78, 5) is 11.9. The van der Waals surface area contributed by atoms with E-state index in [1.165, 1.54) is 0 Å². The van der Waals surface area contributed by atoms with Crippen LogP contribution in [-0.2, 0) is 0 Å². The maximum absolute atomic E-state index is 13.7. The molecule has 2 aromatic rings. The van der Waals surface area contributed by atoms with Crippen molar-refractivity contribution in [2.45, 2.75) is 19.9 Å². The van der Waals surface area contributed by atoms with Crippen molar-refractivity contribution in [2.75, 3.05) is 17.2 Å². The summed E-state index contributed by atoms with van der Waals surface area (Å²) in [6.07, 6.45) is 4.56. The van der Waals surface area contributed by atoms with Crippen LogP contribution in [0.25, 0.3) is 0 Å². The summed E-state index contributed by atoms with van der Waals surface area (Å²) in [5.41, 5.74) is 1.01. The number of halogens is 1. The van der Waals surface area contributed by atoms with Gasteiger partial charge in [-0.1, -0.05) is 0 Å². The second-order valence-corrected chi connectivity index (χ2v) is 4.07. The zero-order valence-electron chi connectivity index (χ0n) is 10.9. The first-order valence-electron chi connectivity index (χ1n) is 6.13. The van der Waals surface area contributed by atoms with Gasteiger partial charge in [0.2, 0.25) is 5.95 Å². The van der Waals surface area contributed by atoms with Gasteiger partial charge in [0.25, 0.3) is 0 Å². The van der Waals surface area contributed by atoms with E-state index in [0.29, 0.717) is 12.5 Å². The van der Waals surface area contributed by atoms with Crippen molar-refractivity contribution in [2.24, 2.45) is 0 Å². The third kappa shape index (κ3) is 3.37. The lowest BCUT2D eigenvalue weighted by Gasteiger charge is -2.15. The Morgan fingerprint density at radius 2 is 2.05 bits per heavy atom. The fourth-order valence-corrected chi connectivity index (χ4v) is 1.65. The molecule has 0 fully saturated rings. The van der Waals surface area contributed by atoms with Crippen molar-refractivity contribution >= 4 is 11.8 Å². The van der Waals surface area contributed by atoms with E-state index in [1.54, 1.807) is 12.4 Å². The number of nitrogens with zero attached hydrogens (tertiary/aromatic N) is 3. The lowest BCUT2D eigenvalue weighted by Crippen LogP contribution is -2.12. The van der Waals surface area contributed by atoms with Crippen LogP contribution in [0.5, 0.6) is 0 Å². The zero-order valence-corrected chi connectivity index (χ0v) is 10.9. The molecule has 0 aliphatic carbocycles. The molecule has 0 aromatic carbocycles. The Labute approximate surface area is 111 Å². The molecular formula is C13H16FN5. The first-order chi connectivity index (χ1) is 9.20. The molecule has 0 bridgehead atoms. The van der Waals surface area contributed by atoms with Gasteiger partial charge >= 0.3 is 0 Å². The molecule has 5 nitrogen and oxygen atoms in total. The topological polar surface area (TPSA) is 62.7 Å². The maximum atomic E-state index is 13.7. The molecule has 2 N–H and O–H groups in total. The quantitative estimate of drug-likeness (QED) is 0.866. The molecule has 100 valence electrons. The average molecular weight is 261 g/mol. The molecule has 2 heterocycles. The van der Waals surface area contributed by atoms with Crippen molar-refractivity contribution in [3.8, 4) is 0 Å². The SMILES string of the molecule is CCNc1ncc(F)c(NC(C)c2ccncc2)n1. The molecule has 0 aliphatic rings. The van der Waals surface area contributed by atoms with Crippen LogP contribution in [0.3, 0.4) is 0 Å². The molecule has 1 atom stereocenters. The van der Waals surface area contributed by atoms with Crippen molar-refractivity contribution in [1.82, 2.24) is 15.0 Å². The number of nitrogens with one attached hydrogen (secondary N) is 2. The van der Waals surface area contributed by atoms with E-state index in [-0.39, 0.29) is 11.9 Å². The predicted molar refractivity (Wildman–Crippen MR) is 72.4 cm³/mol. The van der Waals surface area contributed by atoms with Gasteiger partial charge in [-0.2, -0.15) is 4.98 Å². The highest BCUT2D eigenvalue weighted by Gasteiger charge is 2.11. The van der Waals surface area contributed by atoms with Crippen molar-refractivity contribution in [3.05, 3.63) is 42.1 Å². The smallest absolute Gasteiger partial charge is 0.224 e. The van der Waals surface area contributed by atoms with Gasteiger partial charge in [-0.3, -0.25) is 4.98 Å². The summed E-state index contributed by atoms with van der Waals surface area (Å²) in [5, 5.41) is 5.98. The van der Waals surface area contributed by atoms with E-state index < -0.39 is 5.82 Å². The van der Waals surface area contributed by atoms with Gasteiger partial charge in [0.15, 0.2) is 11.6 Å². The van der Waals surface area contributed by atoms with Crippen LogP contribution < -0.4 is 10.6 Å². The van der Waals surface area contributed by atoms with E-state index >= 15 is 0 Å². The molecular weight excluding hydrogens is 245 g/mol. The third-order valence-electron chi connectivity index (χ3n) is 2.64. The standard InChI is InChI=1S/C13H16FN5/c1-3-16-13-17-8-11(14)12(19-13)18-9(2)10-4-6-15-7-5-10/h4-9H,3H2,1-2H3,(H2,16,17,18,19). The summed E-state index contributed by atoms with van der Waals surface area (Å²) < 4.78 is 13.7. The minimum Gasteiger partial charge on any atom is -0.361 e. The molecule has 1 unspecified atom stereocenters. The summed E-state index contributed by atoms with van der Waals surface area (Å²) in [6.45, 7) is 4.55. The average Bonchev–Trinajstić information content (AvgIpc) is 2.44. The zero-order chi connectivity index (χ0) is 13.7. The highest BCUT2D eigenvalue weighted by Crippen LogP contribution is 2.19. The third-order valence-corrected chi connectivity index (χ3v) is 2.64. The summed E-state index contributed by atoms with van der Waals surface area (Å²) in [6, 6.07) is 3.69. The lowest BCUT2D eigenvalue weighted by molar-refractivity contribution is 0.614. The van der Waals surface area contributed by atoms with Crippen LogP contribution in [0, 0.1) is 5.82 Å². The van der Waals surface area contributed by atoms with Crippen LogP contribution in [-0.4, -0.2) is 21.5 Å². The summed E-state index contributed by atoms with van der Waals surface area (Å²) >= 11 is 0. The molecule has 6 heteroatoms. The van der Waals surface area contributed by atoms with Gasteiger partial charge in [-0.05, 0) is 31.5 Å². The van der Waals surface area contributed by atoms with Gasteiger partial charge in [0.05, 0.1) is 12.2 Å². The van der Waals surface area contributed by atoms with Gasteiger partial charge in [0.1, 0.15) is 0 Å². The second-order valence-electron chi connectivity index (χ2n) is 4.07. The van der Waals surface area contributed by atoms with Gasteiger partial charge in [-0.15, -0.1) is 0 Å². The first-order valence-corrected chi connectivity index (χ1v) is 6.13. The minimum absolute atomic E-state index is 0.0677. The number of hydrogen-bond donors (Lipinski definition) is 2. The number of rotatable bonds is 5. The molecule has 0 radical (unpaired) electrons. The molecule has 0 amide bonds. The van der Waals surface area contributed by atoms with Crippen molar-refractivity contribution in [1.29, 1.82) is 0 Å². The molecule has 0 saturated carbocycles. The first kappa shape index (κ1) is 13.2. The van der Waals surface area contributed by atoms with E-state index in [4.69, 9.17) is 0 Å². The Kier molecular flexibility index (Phi) is 4.22. The normalized spacial score (nSPS) is 11.9. The van der Waals surface area contributed by atoms with Crippen LogP contribution in [0.1, 0.15) is 25.5 Å². The maximum Gasteiger partial charge on any atom is 0.224 e. The van der Waals surface area contributed by atoms with E-state index in [2.05, 4.69) is 25.6 Å². The Balaban J connectivity index is 2.16. The predicted octanol–water partition coefficient (Wildman–Crippen LogP) is 2.62. The van der Waals surface area contributed by atoms with Crippen LogP contribution in [0.4, 0.5) is 16.2 Å². The number of aromatic nitrogens is 3. The molecule has 2 rings (SSSR count). The number of anilines is 2. The lowest BCUT2D eigenvalue weighted by atomic mass is 10.1. The second kappa shape index (κ2) is 6.08. The van der Waals surface area contributed by atoms with Crippen LogP contribution in [0.2, 0.25) is 0 Å². The molecule has 19 heavy (non-hydrogen) atoms. The van der Waals surface area contributed by atoms with Crippen molar-refractivity contribution in [3.63, 3.8) is 0 Å². The highest BCUT2D eigenvalue weighted by molar-refractivity contribution is 5.43. The van der Waals surface area contributed by atoms with Crippen LogP contribution >= 0.6 is 0 Å². The molecule has 2 aromatic heterocycles. The van der Waals surface area contributed by atoms with E-state index in [9.17, 15) is 4.39 Å². The fourth-order valence-electron chi connectivity index (χ4n) is 1.65.